The van der Waals surface area contributed by atoms with Crippen molar-refractivity contribution in [3.8, 4) is 5.75 Å². The van der Waals surface area contributed by atoms with Gasteiger partial charge in [-0.3, -0.25) is 0 Å². The van der Waals surface area contributed by atoms with E-state index in [4.69, 9.17) is 14.9 Å². The summed E-state index contributed by atoms with van der Waals surface area (Å²) in [7, 11) is 1.51. The Balaban J connectivity index is 3.05. The van der Waals surface area contributed by atoms with Crippen LogP contribution in [0.2, 0.25) is 0 Å². The number of hydrogen-bond donors (Lipinski definition) is 3. The Morgan fingerprint density at radius 1 is 1.56 bits per heavy atom. The van der Waals surface area contributed by atoms with Gasteiger partial charge in [-0.1, -0.05) is 0 Å². The number of ether oxygens (including phenoxy) is 1. The molecule has 1 atom stereocenters. The van der Waals surface area contributed by atoms with E-state index in [2.05, 4.69) is 5.32 Å². The molecule has 5 nitrogen and oxygen atoms in total. The normalized spacial score (nSPS) is 11.9. The molecule has 0 aromatic heterocycles. The van der Waals surface area contributed by atoms with Crippen LogP contribution in [0, 0.1) is 0 Å². The molecule has 0 spiro atoms. The number of hydrogen-bond acceptors (Lipinski definition) is 4. The summed E-state index contributed by atoms with van der Waals surface area (Å²) >= 11 is 0. The summed E-state index contributed by atoms with van der Waals surface area (Å²) in [5.74, 6) is -0.451. The van der Waals surface area contributed by atoms with Crippen LogP contribution in [-0.4, -0.2) is 35.9 Å². The van der Waals surface area contributed by atoms with E-state index in [0.717, 1.165) is 0 Å². The molecule has 1 aromatic carbocycles. The summed E-state index contributed by atoms with van der Waals surface area (Å²) in [5, 5.41) is 20.8. The van der Waals surface area contributed by atoms with Crippen molar-refractivity contribution in [3.63, 3.8) is 0 Å². The molecule has 16 heavy (non-hydrogen) atoms. The van der Waals surface area contributed by atoms with Gasteiger partial charge in [0.15, 0.2) is 0 Å². The van der Waals surface area contributed by atoms with E-state index < -0.39 is 5.97 Å². The minimum absolute atomic E-state index is 0.0731. The minimum Gasteiger partial charge on any atom is -0.497 e. The van der Waals surface area contributed by atoms with Gasteiger partial charge in [-0.15, -0.1) is 0 Å². The van der Waals surface area contributed by atoms with E-state index in [0.29, 0.717) is 11.4 Å². The maximum absolute atomic E-state index is 10.9. The van der Waals surface area contributed by atoms with Crippen molar-refractivity contribution in [2.24, 2.45) is 0 Å². The quantitative estimate of drug-likeness (QED) is 0.701. The van der Waals surface area contributed by atoms with Crippen LogP contribution in [0.5, 0.6) is 5.75 Å². The summed E-state index contributed by atoms with van der Waals surface area (Å²) in [6, 6.07) is 4.42. The molecule has 0 bridgehead atoms. The Morgan fingerprint density at radius 3 is 2.75 bits per heavy atom. The predicted octanol–water partition coefficient (Wildman–Crippen LogP) is 1.19. The minimum atomic E-state index is -1.02. The van der Waals surface area contributed by atoms with Crippen molar-refractivity contribution in [3.05, 3.63) is 23.8 Å². The van der Waals surface area contributed by atoms with Gasteiger partial charge >= 0.3 is 5.97 Å². The van der Waals surface area contributed by atoms with Crippen LogP contribution in [0.3, 0.4) is 0 Å². The van der Waals surface area contributed by atoms with E-state index >= 15 is 0 Å². The van der Waals surface area contributed by atoms with Crippen molar-refractivity contribution in [2.45, 2.75) is 13.0 Å². The Bertz CT molecular complexity index is 378. The number of methoxy groups -OCH3 is 1. The van der Waals surface area contributed by atoms with Crippen LogP contribution in [0.1, 0.15) is 17.3 Å². The van der Waals surface area contributed by atoms with Gasteiger partial charge in [-0.2, -0.15) is 0 Å². The van der Waals surface area contributed by atoms with E-state index in [1.807, 2.05) is 0 Å². The first-order chi connectivity index (χ1) is 7.58. The van der Waals surface area contributed by atoms with Crippen molar-refractivity contribution < 1.29 is 19.7 Å². The largest absolute Gasteiger partial charge is 0.497 e. The molecule has 0 saturated heterocycles. The Labute approximate surface area is 93.7 Å². The van der Waals surface area contributed by atoms with Crippen molar-refractivity contribution >= 4 is 11.7 Å². The lowest BCUT2D eigenvalue weighted by Gasteiger charge is -2.15. The highest BCUT2D eigenvalue weighted by molar-refractivity contribution is 5.94. The zero-order valence-electron chi connectivity index (χ0n) is 9.23. The van der Waals surface area contributed by atoms with E-state index in [9.17, 15) is 4.79 Å². The Morgan fingerprint density at radius 2 is 2.25 bits per heavy atom. The van der Waals surface area contributed by atoms with E-state index in [1.165, 1.54) is 13.2 Å². The highest BCUT2D eigenvalue weighted by Gasteiger charge is 2.12. The lowest BCUT2D eigenvalue weighted by molar-refractivity contribution is 0.0698. The SMILES string of the molecule is COc1ccc(C(=O)O)c(NC(C)CO)c1. The molecule has 0 saturated carbocycles. The van der Waals surface area contributed by atoms with Crippen LogP contribution < -0.4 is 10.1 Å². The monoisotopic (exact) mass is 225 g/mol. The second kappa shape index (κ2) is 5.37. The molecular formula is C11H15NO4. The van der Waals surface area contributed by atoms with Crippen LogP contribution >= 0.6 is 0 Å². The third-order valence-corrected chi connectivity index (χ3v) is 2.13. The summed E-state index contributed by atoms with van der Waals surface area (Å²) in [4.78, 5) is 10.9. The van der Waals surface area contributed by atoms with Gasteiger partial charge in [-0.05, 0) is 19.1 Å². The van der Waals surface area contributed by atoms with Crippen LogP contribution in [-0.2, 0) is 0 Å². The van der Waals surface area contributed by atoms with Gasteiger partial charge in [0.25, 0.3) is 0 Å². The molecule has 0 aliphatic carbocycles. The average molecular weight is 225 g/mol. The number of aliphatic hydroxyl groups excluding tert-OH is 1. The van der Waals surface area contributed by atoms with Gasteiger partial charge in [0.1, 0.15) is 5.75 Å². The van der Waals surface area contributed by atoms with Crippen molar-refractivity contribution in [2.75, 3.05) is 19.0 Å². The van der Waals surface area contributed by atoms with Gasteiger partial charge in [0.2, 0.25) is 0 Å². The highest BCUT2D eigenvalue weighted by Crippen LogP contribution is 2.23. The molecule has 0 aliphatic heterocycles. The second-order valence-corrected chi connectivity index (χ2v) is 3.44. The maximum Gasteiger partial charge on any atom is 0.337 e. The fourth-order valence-corrected chi connectivity index (χ4v) is 1.27. The number of carboxylic acids is 1. The fraction of sp³-hybridized carbons (Fsp3) is 0.364. The number of anilines is 1. The zero-order valence-corrected chi connectivity index (χ0v) is 9.23. The van der Waals surface area contributed by atoms with Crippen LogP contribution in [0.25, 0.3) is 0 Å². The topological polar surface area (TPSA) is 78.8 Å². The Hall–Kier alpha value is -1.75. The predicted molar refractivity (Wildman–Crippen MR) is 60.1 cm³/mol. The van der Waals surface area contributed by atoms with Crippen molar-refractivity contribution in [1.29, 1.82) is 0 Å². The summed E-state index contributed by atoms with van der Waals surface area (Å²) in [6.07, 6.45) is 0. The Kier molecular flexibility index (Phi) is 4.13. The molecule has 1 aromatic rings. The molecule has 1 unspecified atom stereocenters. The van der Waals surface area contributed by atoms with Gasteiger partial charge in [0, 0.05) is 12.1 Å². The number of carbonyl (C=O) groups is 1. The summed E-state index contributed by atoms with van der Waals surface area (Å²) < 4.78 is 5.01. The van der Waals surface area contributed by atoms with Crippen molar-refractivity contribution in [1.82, 2.24) is 0 Å². The third kappa shape index (κ3) is 2.87. The number of nitrogens with one attached hydrogen (secondary N) is 1. The standard InChI is InChI=1S/C11H15NO4/c1-7(6-13)12-10-5-8(16-2)3-4-9(10)11(14)15/h3-5,7,12-13H,6H2,1-2H3,(H,14,15). The molecule has 3 N–H and O–H groups in total. The molecule has 0 amide bonds. The first kappa shape index (κ1) is 12.3. The van der Waals surface area contributed by atoms with Gasteiger partial charge < -0.3 is 20.3 Å². The highest BCUT2D eigenvalue weighted by atomic mass is 16.5. The maximum atomic E-state index is 10.9. The van der Waals surface area contributed by atoms with Gasteiger partial charge in [0.05, 0.1) is 25.0 Å². The number of benzene rings is 1. The molecule has 5 heteroatoms. The third-order valence-electron chi connectivity index (χ3n) is 2.13. The number of aliphatic hydroxyl groups is 1. The molecule has 0 radical (unpaired) electrons. The first-order valence-electron chi connectivity index (χ1n) is 4.87. The van der Waals surface area contributed by atoms with Gasteiger partial charge in [-0.25, -0.2) is 4.79 Å². The molecule has 88 valence electrons. The number of aromatic carboxylic acids is 1. The second-order valence-electron chi connectivity index (χ2n) is 3.44. The van der Waals surface area contributed by atoms with Crippen LogP contribution in [0.4, 0.5) is 5.69 Å². The molecule has 0 aliphatic rings. The van der Waals surface area contributed by atoms with E-state index in [1.54, 1.807) is 19.1 Å². The van der Waals surface area contributed by atoms with Crippen LogP contribution in [0.15, 0.2) is 18.2 Å². The summed E-state index contributed by atoms with van der Waals surface area (Å²) in [5.41, 5.74) is 0.592. The fourth-order valence-electron chi connectivity index (χ4n) is 1.27. The first-order valence-corrected chi connectivity index (χ1v) is 4.87. The average Bonchev–Trinajstić information content (AvgIpc) is 2.28. The molecule has 1 rings (SSSR count). The number of carboxylic acid groups (broad SMARTS) is 1. The molecule has 0 fully saturated rings. The molecular weight excluding hydrogens is 210 g/mol. The number of rotatable bonds is 5. The zero-order chi connectivity index (χ0) is 12.1. The van der Waals surface area contributed by atoms with E-state index in [-0.39, 0.29) is 18.2 Å². The smallest absolute Gasteiger partial charge is 0.337 e. The molecule has 0 heterocycles. The summed E-state index contributed by atoms with van der Waals surface area (Å²) in [6.45, 7) is 1.68. The lowest BCUT2D eigenvalue weighted by atomic mass is 10.1. The lowest BCUT2D eigenvalue weighted by Crippen LogP contribution is -2.21.